The average molecular weight is 268 g/mol. The fraction of sp³-hybridized carbons (Fsp3) is 1.00. The average Bonchev–Trinajstić information content (AvgIpc) is 3.15. The molecule has 0 aromatic rings. The Balaban J connectivity index is 1.89. The molecule has 2 rings (SSSR count). The van der Waals surface area contributed by atoms with Crippen molar-refractivity contribution in [1.82, 2.24) is 10.2 Å². The standard InChI is InChI=1S/C16H32N2O/c1-5-16(6-2,11-17-14-7-8-14)12-18(4)15-9-10-19-13(15)3/h13-15,17H,5-12H2,1-4H3. The second-order valence-electron chi connectivity index (χ2n) is 6.71. The van der Waals surface area contributed by atoms with E-state index in [1.165, 1.54) is 45.2 Å². The number of nitrogens with one attached hydrogen (secondary N) is 1. The fourth-order valence-electron chi connectivity index (χ4n) is 3.37. The Morgan fingerprint density at radius 1 is 1.21 bits per heavy atom. The topological polar surface area (TPSA) is 24.5 Å². The van der Waals surface area contributed by atoms with Gasteiger partial charge in [0.2, 0.25) is 0 Å². The zero-order valence-electron chi connectivity index (χ0n) is 13.2. The van der Waals surface area contributed by atoms with Gasteiger partial charge in [0, 0.05) is 31.8 Å². The van der Waals surface area contributed by atoms with Crippen LogP contribution in [0.3, 0.4) is 0 Å². The first-order valence-corrected chi connectivity index (χ1v) is 8.15. The molecule has 1 saturated heterocycles. The molecule has 2 unspecified atom stereocenters. The van der Waals surface area contributed by atoms with Crippen molar-refractivity contribution in [2.45, 2.75) is 71.1 Å². The summed E-state index contributed by atoms with van der Waals surface area (Å²) in [5, 5.41) is 3.75. The first-order chi connectivity index (χ1) is 9.10. The molecular weight excluding hydrogens is 236 g/mol. The highest BCUT2D eigenvalue weighted by Crippen LogP contribution is 2.31. The maximum Gasteiger partial charge on any atom is 0.0702 e. The number of ether oxygens (including phenoxy) is 1. The van der Waals surface area contributed by atoms with Crippen molar-refractivity contribution in [2.75, 3.05) is 26.7 Å². The highest BCUT2D eigenvalue weighted by Gasteiger charge is 2.35. The van der Waals surface area contributed by atoms with Crippen LogP contribution in [0.1, 0.15) is 52.9 Å². The first-order valence-electron chi connectivity index (χ1n) is 8.15. The van der Waals surface area contributed by atoms with Crippen molar-refractivity contribution in [1.29, 1.82) is 0 Å². The van der Waals surface area contributed by atoms with E-state index in [0.29, 0.717) is 17.6 Å². The van der Waals surface area contributed by atoms with E-state index in [1.54, 1.807) is 0 Å². The van der Waals surface area contributed by atoms with Crippen LogP contribution in [0.4, 0.5) is 0 Å². The lowest BCUT2D eigenvalue weighted by Gasteiger charge is -2.39. The summed E-state index contributed by atoms with van der Waals surface area (Å²) in [5.41, 5.74) is 0.430. The Morgan fingerprint density at radius 3 is 2.37 bits per heavy atom. The van der Waals surface area contributed by atoms with Crippen molar-refractivity contribution in [3.8, 4) is 0 Å². The third kappa shape index (κ3) is 3.93. The molecule has 0 radical (unpaired) electrons. The Hall–Kier alpha value is -0.120. The molecule has 0 amide bonds. The molecule has 1 saturated carbocycles. The zero-order chi connectivity index (χ0) is 13.9. The molecule has 2 aliphatic rings. The molecule has 1 aliphatic heterocycles. The second-order valence-corrected chi connectivity index (χ2v) is 6.71. The lowest BCUT2D eigenvalue weighted by atomic mass is 9.81. The summed E-state index contributed by atoms with van der Waals surface area (Å²) in [6.45, 7) is 10.2. The number of hydrogen-bond donors (Lipinski definition) is 1. The second kappa shape index (κ2) is 6.55. The Kier molecular flexibility index (Phi) is 5.27. The van der Waals surface area contributed by atoms with Crippen LogP contribution in [0.15, 0.2) is 0 Å². The van der Waals surface area contributed by atoms with E-state index in [9.17, 15) is 0 Å². The lowest BCUT2D eigenvalue weighted by molar-refractivity contribution is 0.0599. The summed E-state index contributed by atoms with van der Waals surface area (Å²) < 4.78 is 5.72. The molecule has 3 heteroatoms. The van der Waals surface area contributed by atoms with Gasteiger partial charge in [0.05, 0.1) is 6.10 Å². The van der Waals surface area contributed by atoms with E-state index in [2.05, 4.69) is 38.0 Å². The van der Waals surface area contributed by atoms with Crippen molar-refractivity contribution < 1.29 is 4.74 Å². The van der Waals surface area contributed by atoms with Gasteiger partial charge in [-0.15, -0.1) is 0 Å². The maximum absolute atomic E-state index is 5.72. The van der Waals surface area contributed by atoms with Gasteiger partial charge in [-0.2, -0.15) is 0 Å². The minimum Gasteiger partial charge on any atom is -0.377 e. The monoisotopic (exact) mass is 268 g/mol. The van der Waals surface area contributed by atoms with E-state index < -0.39 is 0 Å². The van der Waals surface area contributed by atoms with Crippen LogP contribution < -0.4 is 5.32 Å². The maximum atomic E-state index is 5.72. The molecule has 112 valence electrons. The minimum absolute atomic E-state index is 0.396. The van der Waals surface area contributed by atoms with Crippen LogP contribution in [-0.4, -0.2) is 49.8 Å². The highest BCUT2D eigenvalue weighted by atomic mass is 16.5. The largest absolute Gasteiger partial charge is 0.377 e. The van der Waals surface area contributed by atoms with Crippen LogP contribution >= 0.6 is 0 Å². The number of nitrogens with zero attached hydrogens (tertiary/aromatic N) is 1. The predicted molar refractivity (Wildman–Crippen MR) is 80.5 cm³/mol. The van der Waals surface area contributed by atoms with Gasteiger partial charge < -0.3 is 15.0 Å². The number of rotatable bonds is 8. The SMILES string of the molecule is CCC(CC)(CNC1CC1)CN(C)C1CCOC1C. The summed E-state index contributed by atoms with van der Waals surface area (Å²) in [4.78, 5) is 2.55. The third-order valence-corrected chi connectivity index (χ3v) is 5.33. The van der Waals surface area contributed by atoms with Gasteiger partial charge in [-0.1, -0.05) is 13.8 Å². The molecule has 0 spiro atoms. The Morgan fingerprint density at radius 2 is 1.89 bits per heavy atom. The molecule has 0 bridgehead atoms. The molecule has 1 N–H and O–H groups in total. The van der Waals surface area contributed by atoms with Crippen molar-refractivity contribution in [2.24, 2.45) is 5.41 Å². The van der Waals surface area contributed by atoms with Crippen LogP contribution in [0.5, 0.6) is 0 Å². The molecule has 2 fully saturated rings. The Labute approximate surface area is 119 Å². The third-order valence-electron chi connectivity index (χ3n) is 5.33. The normalized spacial score (nSPS) is 28.3. The van der Waals surface area contributed by atoms with Gasteiger partial charge in [-0.3, -0.25) is 0 Å². The summed E-state index contributed by atoms with van der Waals surface area (Å²) in [5.74, 6) is 0. The summed E-state index contributed by atoms with van der Waals surface area (Å²) in [7, 11) is 2.28. The van der Waals surface area contributed by atoms with Gasteiger partial charge in [-0.05, 0) is 51.5 Å². The number of likely N-dealkylation sites (N-methyl/N-ethyl adjacent to an activating group) is 1. The summed E-state index contributed by atoms with van der Waals surface area (Å²) >= 11 is 0. The van der Waals surface area contributed by atoms with Crippen molar-refractivity contribution >= 4 is 0 Å². The smallest absolute Gasteiger partial charge is 0.0702 e. The quantitative estimate of drug-likeness (QED) is 0.732. The predicted octanol–water partition coefficient (Wildman–Crippen LogP) is 2.65. The van der Waals surface area contributed by atoms with Gasteiger partial charge in [0.25, 0.3) is 0 Å². The van der Waals surface area contributed by atoms with Gasteiger partial charge in [0.15, 0.2) is 0 Å². The van der Waals surface area contributed by atoms with Gasteiger partial charge >= 0.3 is 0 Å². The molecule has 2 atom stereocenters. The highest BCUT2D eigenvalue weighted by molar-refractivity contribution is 4.90. The molecule has 0 aromatic heterocycles. The Bertz CT molecular complexity index is 274. The molecular formula is C16H32N2O. The van der Waals surface area contributed by atoms with E-state index >= 15 is 0 Å². The summed E-state index contributed by atoms with van der Waals surface area (Å²) in [6, 6.07) is 1.43. The van der Waals surface area contributed by atoms with Crippen LogP contribution in [0, 0.1) is 5.41 Å². The van der Waals surface area contributed by atoms with Gasteiger partial charge in [-0.25, -0.2) is 0 Å². The van der Waals surface area contributed by atoms with Crippen molar-refractivity contribution in [3.63, 3.8) is 0 Å². The van der Waals surface area contributed by atoms with E-state index in [4.69, 9.17) is 4.74 Å². The van der Waals surface area contributed by atoms with Crippen LogP contribution in [-0.2, 0) is 4.74 Å². The van der Waals surface area contributed by atoms with Crippen LogP contribution in [0.2, 0.25) is 0 Å². The van der Waals surface area contributed by atoms with Crippen molar-refractivity contribution in [3.05, 3.63) is 0 Å². The molecule has 1 aliphatic carbocycles. The van der Waals surface area contributed by atoms with E-state index in [-0.39, 0.29) is 0 Å². The van der Waals surface area contributed by atoms with E-state index in [0.717, 1.165) is 12.6 Å². The van der Waals surface area contributed by atoms with E-state index in [1.807, 2.05) is 0 Å². The lowest BCUT2D eigenvalue weighted by Crippen LogP contribution is -2.47. The molecule has 19 heavy (non-hydrogen) atoms. The van der Waals surface area contributed by atoms with Crippen LogP contribution in [0.25, 0.3) is 0 Å². The molecule has 0 aromatic carbocycles. The zero-order valence-corrected chi connectivity index (χ0v) is 13.2. The first kappa shape index (κ1) is 15.3. The molecule has 1 heterocycles. The molecule has 3 nitrogen and oxygen atoms in total. The van der Waals surface area contributed by atoms with Gasteiger partial charge in [0.1, 0.15) is 0 Å². The summed E-state index contributed by atoms with van der Waals surface area (Å²) in [6.07, 6.45) is 6.87. The minimum atomic E-state index is 0.396. The number of hydrogen-bond acceptors (Lipinski definition) is 3. The fourth-order valence-corrected chi connectivity index (χ4v) is 3.37.